The molecule has 0 radical (unpaired) electrons. The van der Waals surface area contributed by atoms with Gasteiger partial charge in [-0.1, -0.05) is 23.4 Å². The highest BCUT2D eigenvalue weighted by Gasteiger charge is 2.16. The number of anilines is 1. The van der Waals surface area contributed by atoms with E-state index in [9.17, 15) is 13.2 Å². The molecule has 9 heteroatoms. The lowest BCUT2D eigenvalue weighted by atomic mass is 10.2. The molecule has 0 aliphatic rings. The lowest BCUT2D eigenvalue weighted by molar-refractivity contribution is -0.116. The molecule has 0 saturated heterocycles. The van der Waals surface area contributed by atoms with Crippen LogP contribution < -0.4 is 10.0 Å². The SMILES string of the molecule is CNS(=O)(=O)c1cc(NC(=O)Cn2nnc3ccccc32)ccc1C. The Kier molecular flexibility index (Phi) is 4.51. The van der Waals surface area contributed by atoms with Crippen molar-refractivity contribution in [1.29, 1.82) is 0 Å². The number of hydrogen-bond donors (Lipinski definition) is 2. The molecule has 0 unspecified atom stereocenters. The van der Waals surface area contributed by atoms with Gasteiger partial charge in [0.25, 0.3) is 0 Å². The lowest BCUT2D eigenvalue weighted by Gasteiger charge is -2.10. The van der Waals surface area contributed by atoms with Crippen LogP contribution in [0.3, 0.4) is 0 Å². The molecule has 0 aliphatic carbocycles. The van der Waals surface area contributed by atoms with Crippen LogP contribution in [0.5, 0.6) is 0 Å². The second kappa shape index (κ2) is 6.61. The Morgan fingerprint density at radius 1 is 1.20 bits per heavy atom. The molecule has 0 fully saturated rings. The number of fused-ring (bicyclic) bond motifs is 1. The quantitative estimate of drug-likeness (QED) is 0.714. The Hall–Kier alpha value is -2.78. The monoisotopic (exact) mass is 359 g/mol. The van der Waals surface area contributed by atoms with Gasteiger partial charge in [-0.05, 0) is 43.8 Å². The van der Waals surface area contributed by atoms with Gasteiger partial charge in [-0.2, -0.15) is 0 Å². The third kappa shape index (κ3) is 3.52. The van der Waals surface area contributed by atoms with Crippen molar-refractivity contribution < 1.29 is 13.2 Å². The summed E-state index contributed by atoms with van der Waals surface area (Å²) in [7, 11) is -2.25. The number of para-hydroxylation sites is 1. The van der Waals surface area contributed by atoms with E-state index in [1.165, 1.54) is 17.8 Å². The summed E-state index contributed by atoms with van der Waals surface area (Å²) in [5.74, 6) is -0.327. The number of nitrogens with one attached hydrogen (secondary N) is 2. The van der Waals surface area contributed by atoms with E-state index in [-0.39, 0.29) is 17.3 Å². The van der Waals surface area contributed by atoms with Crippen LogP contribution in [-0.2, 0) is 21.4 Å². The van der Waals surface area contributed by atoms with Crippen LogP contribution in [0.2, 0.25) is 0 Å². The molecule has 3 aromatic rings. The summed E-state index contributed by atoms with van der Waals surface area (Å²) in [6.07, 6.45) is 0. The van der Waals surface area contributed by atoms with Gasteiger partial charge >= 0.3 is 0 Å². The molecular weight excluding hydrogens is 342 g/mol. The molecule has 1 heterocycles. The van der Waals surface area contributed by atoms with Crippen molar-refractivity contribution in [1.82, 2.24) is 19.7 Å². The Labute approximate surface area is 144 Å². The molecule has 1 amide bonds. The number of carbonyl (C=O) groups is 1. The summed E-state index contributed by atoms with van der Waals surface area (Å²) in [4.78, 5) is 12.4. The lowest BCUT2D eigenvalue weighted by Crippen LogP contribution is -2.21. The first-order valence-electron chi connectivity index (χ1n) is 7.53. The fraction of sp³-hybridized carbons (Fsp3) is 0.188. The van der Waals surface area contributed by atoms with Crippen molar-refractivity contribution in [3.63, 3.8) is 0 Å². The molecule has 0 atom stereocenters. The van der Waals surface area contributed by atoms with Gasteiger partial charge in [0, 0.05) is 5.69 Å². The first-order valence-corrected chi connectivity index (χ1v) is 9.01. The van der Waals surface area contributed by atoms with Crippen LogP contribution in [0.4, 0.5) is 5.69 Å². The van der Waals surface area contributed by atoms with E-state index < -0.39 is 10.0 Å². The van der Waals surface area contributed by atoms with Crippen molar-refractivity contribution in [3.8, 4) is 0 Å². The molecule has 130 valence electrons. The zero-order valence-corrected chi connectivity index (χ0v) is 14.5. The molecule has 0 bridgehead atoms. The van der Waals surface area contributed by atoms with E-state index in [1.54, 1.807) is 19.1 Å². The fourth-order valence-corrected chi connectivity index (χ4v) is 3.44. The average molecular weight is 359 g/mol. The summed E-state index contributed by atoms with van der Waals surface area (Å²) >= 11 is 0. The summed E-state index contributed by atoms with van der Waals surface area (Å²) in [6, 6.07) is 12.1. The maximum absolute atomic E-state index is 12.3. The van der Waals surface area contributed by atoms with E-state index in [2.05, 4.69) is 20.4 Å². The van der Waals surface area contributed by atoms with E-state index in [4.69, 9.17) is 0 Å². The molecule has 25 heavy (non-hydrogen) atoms. The smallest absolute Gasteiger partial charge is 0.246 e. The largest absolute Gasteiger partial charge is 0.324 e. The maximum Gasteiger partial charge on any atom is 0.246 e. The number of rotatable bonds is 5. The zero-order chi connectivity index (χ0) is 18.0. The van der Waals surface area contributed by atoms with Gasteiger partial charge in [0.15, 0.2) is 0 Å². The Bertz CT molecular complexity index is 1040. The summed E-state index contributed by atoms with van der Waals surface area (Å²) < 4.78 is 27.8. The minimum atomic E-state index is -3.59. The van der Waals surface area contributed by atoms with Crippen LogP contribution in [0.15, 0.2) is 47.4 Å². The first kappa shape index (κ1) is 17.1. The number of sulfonamides is 1. The predicted molar refractivity (Wildman–Crippen MR) is 93.6 cm³/mol. The van der Waals surface area contributed by atoms with Crippen LogP contribution in [-0.4, -0.2) is 36.4 Å². The predicted octanol–water partition coefficient (Wildman–Crippen LogP) is 1.29. The highest BCUT2D eigenvalue weighted by Crippen LogP contribution is 2.20. The van der Waals surface area contributed by atoms with Gasteiger partial charge in [-0.15, -0.1) is 5.10 Å². The molecule has 3 rings (SSSR count). The first-order chi connectivity index (χ1) is 11.9. The molecule has 0 aliphatic heterocycles. The minimum absolute atomic E-state index is 0.0253. The maximum atomic E-state index is 12.3. The van der Waals surface area contributed by atoms with Crippen LogP contribution in [0, 0.1) is 6.92 Å². The van der Waals surface area contributed by atoms with Crippen LogP contribution >= 0.6 is 0 Å². The number of aromatic nitrogens is 3. The summed E-state index contributed by atoms with van der Waals surface area (Å²) in [6.45, 7) is 1.67. The number of benzene rings is 2. The number of carbonyl (C=O) groups excluding carboxylic acids is 1. The molecule has 2 N–H and O–H groups in total. The topological polar surface area (TPSA) is 106 Å². The van der Waals surface area contributed by atoms with Crippen LogP contribution in [0.1, 0.15) is 5.56 Å². The molecule has 1 aromatic heterocycles. The third-order valence-electron chi connectivity index (χ3n) is 3.74. The van der Waals surface area contributed by atoms with Crippen molar-refractivity contribution in [3.05, 3.63) is 48.0 Å². The van der Waals surface area contributed by atoms with Crippen molar-refractivity contribution in [2.45, 2.75) is 18.4 Å². The van der Waals surface area contributed by atoms with Gasteiger partial charge in [-0.3, -0.25) is 4.79 Å². The zero-order valence-electron chi connectivity index (χ0n) is 13.7. The number of hydrogen-bond acceptors (Lipinski definition) is 5. The Balaban J connectivity index is 1.81. The molecular formula is C16H17N5O3S. The average Bonchev–Trinajstić information content (AvgIpc) is 2.99. The normalized spacial score (nSPS) is 11.6. The van der Waals surface area contributed by atoms with Gasteiger partial charge in [0.2, 0.25) is 15.9 Å². The Morgan fingerprint density at radius 3 is 2.72 bits per heavy atom. The van der Waals surface area contributed by atoms with E-state index in [1.807, 2.05) is 24.3 Å². The van der Waals surface area contributed by atoms with Gasteiger partial charge in [0.1, 0.15) is 12.1 Å². The number of aryl methyl sites for hydroxylation is 1. The van der Waals surface area contributed by atoms with Crippen molar-refractivity contribution in [2.24, 2.45) is 0 Å². The Morgan fingerprint density at radius 2 is 1.96 bits per heavy atom. The third-order valence-corrected chi connectivity index (χ3v) is 5.30. The summed E-state index contributed by atoms with van der Waals surface area (Å²) in [5.41, 5.74) is 2.44. The highest BCUT2D eigenvalue weighted by molar-refractivity contribution is 7.89. The van der Waals surface area contributed by atoms with Crippen LogP contribution in [0.25, 0.3) is 11.0 Å². The fourth-order valence-electron chi connectivity index (χ4n) is 2.45. The standard InChI is InChI=1S/C16H17N5O3S/c1-11-7-8-12(9-15(11)25(23,24)17-2)18-16(22)10-21-14-6-4-3-5-13(14)19-20-21/h3-9,17H,10H2,1-2H3,(H,18,22). The second-order valence-corrected chi connectivity index (χ2v) is 7.33. The molecule has 8 nitrogen and oxygen atoms in total. The minimum Gasteiger partial charge on any atom is -0.324 e. The highest BCUT2D eigenvalue weighted by atomic mass is 32.2. The second-order valence-electron chi connectivity index (χ2n) is 5.47. The molecule has 2 aromatic carbocycles. The van der Waals surface area contributed by atoms with E-state index >= 15 is 0 Å². The molecule has 0 saturated carbocycles. The van der Waals surface area contributed by atoms with Crippen molar-refractivity contribution in [2.75, 3.05) is 12.4 Å². The van der Waals surface area contributed by atoms with E-state index in [0.29, 0.717) is 16.8 Å². The number of nitrogens with zero attached hydrogens (tertiary/aromatic N) is 3. The van der Waals surface area contributed by atoms with Gasteiger partial charge in [0.05, 0.1) is 10.4 Å². The van der Waals surface area contributed by atoms with Gasteiger partial charge < -0.3 is 5.32 Å². The van der Waals surface area contributed by atoms with Gasteiger partial charge in [-0.25, -0.2) is 17.8 Å². The van der Waals surface area contributed by atoms with E-state index in [0.717, 1.165) is 5.52 Å². The number of amides is 1. The summed E-state index contributed by atoms with van der Waals surface area (Å²) in [5, 5.41) is 10.6. The molecule has 0 spiro atoms. The van der Waals surface area contributed by atoms with Crippen molar-refractivity contribution >= 4 is 32.7 Å².